The highest BCUT2D eigenvalue weighted by atomic mass is 35.5. The van der Waals surface area contributed by atoms with Crippen LogP contribution in [0.2, 0.25) is 0 Å². The average molecular weight is 401 g/mol. The molecular weight excluding hydrogens is 379 g/mol. The molecule has 1 atom stereocenters. The Morgan fingerprint density at radius 2 is 1.96 bits per heavy atom. The van der Waals surface area contributed by atoms with E-state index < -0.39 is 16.1 Å². The Labute approximate surface area is 159 Å². The van der Waals surface area contributed by atoms with Gasteiger partial charge < -0.3 is 10.1 Å². The zero-order valence-electron chi connectivity index (χ0n) is 14.4. The predicted molar refractivity (Wildman–Crippen MR) is 101 cm³/mol. The number of piperazine rings is 1. The molecule has 3 rings (SSSR count). The van der Waals surface area contributed by atoms with Gasteiger partial charge in [-0.05, 0) is 48.9 Å². The number of hydrogen-bond acceptors (Lipinski definition) is 4. The molecule has 0 saturated carbocycles. The summed E-state index contributed by atoms with van der Waals surface area (Å²) < 4.78 is 46.6. The van der Waals surface area contributed by atoms with Crippen LogP contribution < -0.4 is 10.1 Å². The van der Waals surface area contributed by atoms with E-state index in [9.17, 15) is 12.8 Å². The van der Waals surface area contributed by atoms with E-state index in [0.29, 0.717) is 37.6 Å². The summed E-state index contributed by atoms with van der Waals surface area (Å²) in [6.07, 6.45) is 0. The number of nitrogens with zero attached hydrogens (tertiary/aromatic N) is 1. The monoisotopic (exact) mass is 400 g/mol. The van der Waals surface area contributed by atoms with Crippen LogP contribution in [0.25, 0.3) is 0 Å². The van der Waals surface area contributed by atoms with Crippen molar-refractivity contribution in [2.24, 2.45) is 0 Å². The molecular formula is C18H22ClFN2O3S. The van der Waals surface area contributed by atoms with Crippen molar-refractivity contribution in [2.75, 3.05) is 26.2 Å². The summed E-state index contributed by atoms with van der Waals surface area (Å²) in [6.45, 7) is 3.72. The lowest BCUT2D eigenvalue weighted by molar-refractivity contribution is 0.271. The minimum absolute atomic E-state index is 0. The van der Waals surface area contributed by atoms with Crippen LogP contribution in [0.3, 0.4) is 0 Å². The molecule has 1 N–H and O–H groups in total. The average Bonchev–Trinajstić information content (AvgIpc) is 2.62. The van der Waals surface area contributed by atoms with Gasteiger partial charge in [0, 0.05) is 19.6 Å². The van der Waals surface area contributed by atoms with Crippen molar-refractivity contribution in [3.63, 3.8) is 0 Å². The van der Waals surface area contributed by atoms with Gasteiger partial charge >= 0.3 is 0 Å². The van der Waals surface area contributed by atoms with Crippen LogP contribution in [0.5, 0.6) is 5.75 Å². The maximum atomic E-state index is 13.6. The third-order valence-electron chi connectivity index (χ3n) is 4.17. The Kier molecular flexibility index (Phi) is 7.00. The third kappa shape index (κ3) is 4.35. The lowest BCUT2D eigenvalue weighted by Crippen LogP contribution is -2.48. The fraction of sp³-hybridized carbons (Fsp3) is 0.333. The van der Waals surface area contributed by atoms with Gasteiger partial charge in [0.05, 0.1) is 17.5 Å². The molecule has 0 amide bonds. The van der Waals surface area contributed by atoms with E-state index >= 15 is 0 Å². The number of rotatable bonds is 5. The number of benzene rings is 2. The smallest absolute Gasteiger partial charge is 0.243 e. The standard InChI is InChI=1S/C18H21FN2O3S.ClH/c1-2-24-16-6-8-17(9-7-16)25(22,23)21-11-10-20-13-18(21)14-4-3-5-15(19)12-14;/h3-9,12,18,20H,2,10-11,13H2,1H3;1H. The molecule has 1 heterocycles. The Morgan fingerprint density at radius 1 is 1.23 bits per heavy atom. The highest BCUT2D eigenvalue weighted by Gasteiger charge is 2.34. The van der Waals surface area contributed by atoms with Crippen molar-refractivity contribution in [3.05, 3.63) is 59.9 Å². The van der Waals surface area contributed by atoms with Crippen LogP contribution >= 0.6 is 12.4 Å². The van der Waals surface area contributed by atoms with Gasteiger partial charge in [0.1, 0.15) is 11.6 Å². The van der Waals surface area contributed by atoms with Crippen molar-refractivity contribution in [1.29, 1.82) is 0 Å². The number of hydrogen-bond donors (Lipinski definition) is 1. The fourth-order valence-electron chi connectivity index (χ4n) is 2.98. The minimum Gasteiger partial charge on any atom is -0.494 e. The summed E-state index contributed by atoms with van der Waals surface area (Å²) in [7, 11) is -3.69. The SMILES string of the molecule is CCOc1ccc(S(=O)(=O)N2CCNCC2c2cccc(F)c2)cc1.Cl. The summed E-state index contributed by atoms with van der Waals surface area (Å²) in [5.74, 6) is 0.255. The van der Waals surface area contributed by atoms with E-state index in [1.54, 1.807) is 36.4 Å². The van der Waals surface area contributed by atoms with Crippen molar-refractivity contribution in [1.82, 2.24) is 9.62 Å². The summed E-state index contributed by atoms with van der Waals surface area (Å²) in [5.41, 5.74) is 0.640. The second kappa shape index (κ2) is 8.81. The van der Waals surface area contributed by atoms with Gasteiger partial charge in [-0.2, -0.15) is 4.31 Å². The first kappa shape index (κ1) is 20.6. The van der Waals surface area contributed by atoms with E-state index in [0.717, 1.165) is 0 Å². The lowest BCUT2D eigenvalue weighted by atomic mass is 10.1. The molecule has 1 fully saturated rings. The maximum absolute atomic E-state index is 13.6. The molecule has 0 aliphatic carbocycles. The molecule has 0 radical (unpaired) electrons. The van der Waals surface area contributed by atoms with Crippen molar-refractivity contribution < 1.29 is 17.5 Å². The van der Waals surface area contributed by atoms with Crippen molar-refractivity contribution in [3.8, 4) is 5.75 Å². The molecule has 1 unspecified atom stereocenters. The molecule has 0 spiro atoms. The van der Waals surface area contributed by atoms with Gasteiger partial charge in [-0.15, -0.1) is 12.4 Å². The van der Waals surface area contributed by atoms with Gasteiger partial charge in [-0.3, -0.25) is 0 Å². The highest BCUT2D eigenvalue weighted by molar-refractivity contribution is 7.89. The molecule has 142 valence electrons. The molecule has 1 aliphatic heterocycles. The van der Waals surface area contributed by atoms with Gasteiger partial charge in [-0.25, -0.2) is 12.8 Å². The number of nitrogens with one attached hydrogen (secondary N) is 1. The summed E-state index contributed by atoms with van der Waals surface area (Å²) in [4.78, 5) is 0.208. The molecule has 2 aromatic rings. The van der Waals surface area contributed by atoms with Crippen LogP contribution in [0.15, 0.2) is 53.4 Å². The molecule has 2 aromatic carbocycles. The summed E-state index contributed by atoms with van der Waals surface area (Å²) in [5, 5.41) is 3.18. The Bertz CT molecular complexity index is 831. The van der Waals surface area contributed by atoms with Crippen LogP contribution in [0, 0.1) is 5.82 Å². The minimum atomic E-state index is -3.69. The lowest BCUT2D eigenvalue weighted by Gasteiger charge is -2.35. The molecule has 0 bridgehead atoms. The Balaban J connectivity index is 0.00000243. The second-order valence-corrected chi connectivity index (χ2v) is 7.69. The van der Waals surface area contributed by atoms with Gasteiger partial charge in [0.2, 0.25) is 10.0 Å². The predicted octanol–water partition coefficient (Wildman–Crippen LogP) is 2.98. The molecule has 26 heavy (non-hydrogen) atoms. The quantitative estimate of drug-likeness (QED) is 0.838. The highest BCUT2D eigenvalue weighted by Crippen LogP contribution is 2.30. The zero-order chi connectivity index (χ0) is 17.9. The van der Waals surface area contributed by atoms with E-state index in [-0.39, 0.29) is 23.1 Å². The van der Waals surface area contributed by atoms with E-state index in [2.05, 4.69) is 5.32 Å². The first-order chi connectivity index (χ1) is 12.0. The largest absolute Gasteiger partial charge is 0.494 e. The number of ether oxygens (including phenoxy) is 1. The molecule has 1 saturated heterocycles. The van der Waals surface area contributed by atoms with Crippen molar-refractivity contribution >= 4 is 22.4 Å². The van der Waals surface area contributed by atoms with Crippen molar-refractivity contribution in [2.45, 2.75) is 17.9 Å². The molecule has 5 nitrogen and oxygen atoms in total. The van der Waals surface area contributed by atoms with E-state index in [4.69, 9.17) is 4.74 Å². The Hall–Kier alpha value is -1.67. The van der Waals surface area contributed by atoms with Gasteiger partial charge in [0.15, 0.2) is 0 Å². The normalized spacial score (nSPS) is 18.2. The topological polar surface area (TPSA) is 58.6 Å². The van der Waals surface area contributed by atoms with Crippen LogP contribution in [0.1, 0.15) is 18.5 Å². The third-order valence-corrected chi connectivity index (χ3v) is 6.09. The Morgan fingerprint density at radius 3 is 2.62 bits per heavy atom. The zero-order valence-corrected chi connectivity index (χ0v) is 16.0. The fourth-order valence-corrected chi connectivity index (χ4v) is 4.59. The number of sulfonamides is 1. The maximum Gasteiger partial charge on any atom is 0.243 e. The van der Waals surface area contributed by atoms with Crippen LogP contribution in [-0.4, -0.2) is 39.0 Å². The molecule has 1 aliphatic rings. The van der Waals surface area contributed by atoms with Crippen LogP contribution in [-0.2, 0) is 10.0 Å². The molecule has 8 heteroatoms. The molecule has 0 aromatic heterocycles. The van der Waals surface area contributed by atoms with E-state index in [1.807, 2.05) is 6.92 Å². The summed E-state index contributed by atoms with van der Waals surface area (Å²) >= 11 is 0. The van der Waals surface area contributed by atoms with Gasteiger partial charge in [-0.1, -0.05) is 12.1 Å². The van der Waals surface area contributed by atoms with Crippen LogP contribution in [0.4, 0.5) is 4.39 Å². The van der Waals surface area contributed by atoms with Gasteiger partial charge in [0.25, 0.3) is 0 Å². The number of halogens is 2. The first-order valence-corrected chi connectivity index (χ1v) is 9.67. The first-order valence-electron chi connectivity index (χ1n) is 8.23. The van der Waals surface area contributed by atoms with E-state index in [1.165, 1.54) is 16.4 Å². The summed E-state index contributed by atoms with van der Waals surface area (Å²) in [6, 6.07) is 12.0. The second-order valence-electron chi connectivity index (χ2n) is 5.80.